The van der Waals surface area contributed by atoms with Crippen LogP contribution in [0.3, 0.4) is 0 Å². The number of benzene rings is 2. The van der Waals surface area contributed by atoms with Gasteiger partial charge in [-0.15, -0.1) is 0 Å². The van der Waals surface area contributed by atoms with Gasteiger partial charge in [-0.3, -0.25) is 0 Å². The van der Waals surface area contributed by atoms with Crippen LogP contribution >= 0.6 is 12.2 Å². The summed E-state index contributed by atoms with van der Waals surface area (Å²) >= 11 is 5.28. The Bertz CT molecular complexity index is 934. The van der Waals surface area contributed by atoms with Crippen molar-refractivity contribution in [3.63, 3.8) is 0 Å². The molecule has 0 fully saturated rings. The average molecular weight is 349 g/mol. The van der Waals surface area contributed by atoms with Crippen molar-refractivity contribution >= 4 is 30.2 Å². The highest BCUT2D eigenvalue weighted by Crippen LogP contribution is 2.20. The SMILES string of the molecule is CN(C)c1ccc(-c2n[nH]c(=S)n2/N=C\C=C\c2ccccc2)cc1. The number of rotatable bonds is 5. The molecular weight excluding hydrogens is 330 g/mol. The van der Waals surface area contributed by atoms with Gasteiger partial charge < -0.3 is 4.90 Å². The summed E-state index contributed by atoms with van der Waals surface area (Å²) in [5.74, 6) is 0.680. The highest BCUT2D eigenvalue weighted by Gasteiger charge is 2.08. The molecule has 0 saturated carbocycles. The number of nitrogens with one attached hydrogen (secondary N) is 1. The first kappa shape index (κ1) is 16.9. The van der Waals surface area contributed by atoms with Crippen LogP contribution in [0.4, 0.5) is 5.69 Å². The molecule has 1 heterocycles. The predicted octanol–water partition coefficient (Wildman–Crippen LogP) is 4.22. The van der Waals surface area contributed by atoms with Crippen molar-refractivity contribution in [3.8, 4) is 11.4 Å². The molecule has 3 aromatic rings. The first-order chi connectivity index (χ1) is 12.1. The van der Waals surface area contributed by atoms with Crippen molar-refractivity contribution in [3.05, 3.63) is 71.0 Å². The maximum atomic E-state index is 5.28. The molecule has 3 rings (SSSR count). The van der Waals surface area contributed by atoms with Crippen molar-refractivity contribution in [1.29, 1.82) is 0 Å². The van der Waals surface area contributed by atoms with E-state index in [0.717, 1.165) is 16.8 Å². The van der Waals surface area contributed by atoms with Crippen molar-refractivity contribution < 1.29 is 0 Å². The minimum atomic E-state index is 0.455. The maximum Gasteiger partial charge on any atom is 0.216 e. The summed E-state index contributed by atoms with van der Waals surface area (Å²) in [5.41, 5.74) is 3.19. The van der Waals surface area contributed by atoms with E-state index in [1.807, 2.05) is 85.7 Å². The zero-order valence-corrected chi connectivity index (χ0v) is 14.9. The summed E-state index contributed by atoms with van der Waals surface area (Å²) in [6.07, 6.45) is 5.57. The van der Waals surface area contributed by atoms with Gasteiger partial charge in [-0.2, -0.15) is 14.9 Å². The first-order valence-electron chi connectivity index (χ1n) is 7.86. The fourth-order valence-corrected chi connectivity index (χ4v) is 2.50. The molecule has 0 aliphatic heterocycles. The van der Waals surface area contributed by atoms with Crippen molar-refractivity contribution in [1.82, 2.24) is 14.9 Å². The molecular formula is C19H19N5S. The third kappa shape index (κ3) is 4.10. The Balaban J connectivity index is 1.83. The maximum absolute atomic E-state index is 5.28. The molecule has 1 aromatic heterocycles. The van der Waals surface area contributed by atoms with E-state index in [1.165, 1.54) is 0 Å². The average Bonchev–Trinajstić information content (AvgIpc) is 3.00. The number of aromatic amines is 1. The highest BCUT2D eigenvalue weighted by molar-refractivity contribution is 7.71. The van der Waals surface area contributed by atoms with Gasteiger partial charge in [-0.05, 0) is 48.1 Å². The molecule has 0 radical (unpaired) electrons. The number of aromatic nitrogens is 3. The molecule has 5 nitrogen and oxygen atoms in total. The highest BCUT2D eigenvalue weighted by atomic mass is 32.1. The van der Waals surface area contributed by atoms with Crippen molar-refractivity contribution in [2.45, 2.75) is 0 Å². The molecule has 0 bridgehead atoms. The summed E-state index contributed by atoms with van der Waals surface area (Å²) in [6, 6.07) is 18.1. The molecule has 25 heavy (non-hydrogen) atoms. The normalized spacial score (nSPS) is 11.4. The Hall–Kier alpha value is -2.99. The zero-order valence-electron chi connectivity index (χ0n) is 14.1. The van der Waals surface area contributed by atoms with Crippen LogP contribution in [-0.2, 0) is 0 Å². The second kappa shape index (κ2) is 7.72. The number of nitrogens with zero attached hydrogens (tertiary/aromatic N) is 4. The van der Waals surface area contributed by atoms with Gasteiger partial charge in [0.2, 0.25) is 4.77 Å². The minimum Gasteiger partial charge on any atom is -0.378 e. The van der Waals surface area contributed by atoms with Gasteiger partial charge in [0.25, 0.3) is 0 Å². The van der Waals surface area contributed by atoms with Gasteiger partial charge >= 0.3 is 0 Å². The Labute approximate surface area is 151 Å². The van der Waals surface area contributed by atoms with Crippen LogP contribution in [0.15, 0.2) is 65.8 Å². The number of H-pyrrole nitrogens is 1. The van der Waals surface area contributed by atoms with Crippen LogP contribution in [0.5, 0.6) is 0 Å². The van der Waals surface area contributed by atoms with E-state index in [2.05, 4.69) is 15.3 Å². The Kier molecular flexibility index (Phi) is 5.20. The van der Waals surface area contributed by atoms with Crippen LogP contribution in [-0.4, -0.2) is 35.2 Å². The fourth-order valence-electron chi connectivity index (χ4n) is 2.32. The van der Waals surface area contributed by atoms with E-state index < -0.39 is 0 Å². The van der Waals surface area contributed by atoms with Crippen LogP contribution in [0.25, 0.3) is 17.5 Å². The summed E-state index contributed by atoms with van der Waals surface area (Å²) in [6.45, 7) is 0. The lowest BCUT2D eigenvalue weighted by atomic mass is 10.2. The van der Waals surface area contributed by atoms with E-state index in [-0.39, 0.29) is 0 Å². The van der Waals surface area contributed by atoms with Gasteiger partial charge in [0.15, 0.2) is 5.82 Å². The molecule has 0 unspecified atom stereocenters. The monoisotopic (exact) mass is 349 g/mol. The molecule has 0 aliphatic rings. The zero-order chi connectivity index (χ0) is 17.6. The summed E-state index contributed by atoms with van der Waals surface area (Å²) < 4.78 is 2.08. The van der Waals surface area contributed by atoms with Crippen LogP contribution in [0, 0.1) is 4.77 Å². The largest absolute Gasteiger partial charge is 0.378 e. The van der Waals surface area contributed by atoms with Crippen LogP contribution < -0.4 is 4.90 Å². The summed E-state index contributed by atoms with van der Waals surface area (Å²) in [7, 11) is 4.02. The van der Waals surface area contributed by atoms with E-state index in [1.54, 1.807) is 10.9 Å². The lowest BCUT2D eigenvalue weighted by molar-refractivity contribution is 0.872. The van der Waals surface area contributed by atoms with E-state index in [4.69, 9.17) is 12.2 Å². The van der Waals surface area contributed by atoms with Gasteiger partial charge in [-0.1, -0.05) is 36.4 Å². The number of hydrogen-bond donors (Lipinski definition) is 1. The van der Waals surface area contributed by atoms with Crippen molar-refractivity contribution in [2.75, 3.05) is 19.0 Å². The Morgan fingerprint density at radius 2 is 1.80 bits per heavy atom. The quantitative estimate of drug-likeness (QED) is 0.554. The standard InChI is InChI=1S/C19H19N5S/c1-23(2)17-12-10-16(11-13-17)18-21-22-19(25)24(18)20-14-6-9-15-7-4-3-5-8-15/h3-14H,1-2H3,(H,22,25)/b9-6+,20-14-. The smallest absolute Gasteiger partial charge is 0.216 e. The lowest BCUT2D eigenvalue weighted by Gasteiger charge is -2.12. The van der Waals surface area contributed by atoms with Gasteiger partial charge in [0.05, 0.1) is 0 Å². The predicted molar refractivity (Wildman–Crippen MR) is 107 cm³/mol. The fraction of sp³-hybridized carbons (Fsp3) is 0.105. The van der Waals surface area contributed by atoms with Crippen molar-refractivity contribution in [2.24, 2.45) is 5.10 Å². The minimum absolute atomic E-state index is 0.455. The topological polar surface area (TPSA) is 49.2 Å². The molecule has 0 atom stereocenters. The summed E-state index contributed by atoms with van der Waals surface area (Å²) in [5, 5.41) is 11.5. The van der Waals surface area contributed by atoms with Crippen LogP contribution in [0.2, 0.25) is 0 Å². The molecule has 126 valence electrons. The van der Waals surface area contributed by atoms with Crippen LogP contribution in [0.1, 0.15) is 5.56 Å². The van der Waals surface area contributed by atoms with Gasteiger partial charge in [0.1, 0.15) is 0 Å². The third-order valence-corrected chi connectivity index (χ3v) is 3.91. The molecule has 0 saturated heterocycles. The lowest BCUT2D eigenvalue weighted by Crippen LogP contribution is -2.08. The molecule has 0 amide bonds. The molecule has 0 aliphatic carbocycles. The second-order valence-electron chi connectivity index (χ2n) is 5.64. The van der Waals surface area contributed by atoms with Gasteiger partial charge in [-0.25, -0.2) is 5.10 Å². The number of hydrogen-bond acceptors (Lipinski definition) is 4. The van der Waals surface area contributed by atoms with Gasteiger partial charge in [0, 0.05) is 31.6 Å². The Morgan fingerprint density at radius 1 is 1.08 bits per heavy atom. The summed E-state index contributed by atoms with van der Waals surface area (Å²) in [4.78, 5) is 2.05. The third-order valence-electron chi connectivity index (χ3n) is 3.65. The van der Waals surface area contributed by atoms with E-state index in [9.17, 15) is 0 Å². The van der Waals surface area contributed by atoms with E-state index >= 15 is 0 Å². The molecule has 0 spiro atoms. The molecule has 6 heteroatoms. The second-order valence-corrected chi connectivity index (χ2v) is 6.03. The first-order valence-corrected chi connectivity index (χ1v) is 8.27. The molecule has 2 aromatic carbocycles. The number of anilines is 1. The van der Waals surface area contributed by atoms with E-state index in [0.29, 0.717) is 10.6 Å². The molecule has 1 N–H and O–H groups in total. The Morgan fingerprint density at radius 3 is 2.48 bits per heavy atom. The number of allylic oxidation sites excluding steroid dienone is 1.